The van der Waals surface area contributed by atoms with Crippen molar-refractivity contribution >= 4 is 5.91 Å². The predicted molar refractivity (Wildman–Crippen MR) is 94.2 cm³/mol. The number of piperazine rings is 1. The van der Waals surface area contributed by atoms with Crippen LogP contribution in [0.25, 0.3) is 0 Å². The van der Waals surface area contributed by atoms with Crippen LogP contribution in [0.15, 0.2) is 36.7 Å². The van der Waals surface area contributed by atoms with E-state index in [1.165, 1.54) is 0 Å². The van der Waals surface area contributed by atoms with Crippen molar-refractivity contribution in [3.63, 3.8) is 0 Å². The quantitative estimate of drug-likeness (QED) is 0.797. The monoisotopic (exact) mass is 343 g/mol. The first kappa shape index (κ1) is 17.4. The van der Waals surface area contributed by atoms with Crippen molar-refractivity contribution in [2.24, 2.45) is 0 Å². The second kappa shape index (κ2) is 8.11. The Labute approximate surface area is 148 Å². The Morgan fingerprint density at radius 2 is 1.88 bits per heavy atom. The lowest BCUT2D eigenvalue weighted by Crippen LogP contribution is -2.49. The van der Waals surface area contributed by atoms with Crippen molar-refractivity contribution in [2.75, 3.05) is 32.8 Å². The minimum Gasteiger partial charge on any atom is -0.484 e. The molecule has 0 atom stereocenters. The summed E-state index contributed by atoms with van der Waals surface area (Å²) in [5, 5.41) is 8.23. The fourth-order valence-corrected chi connectivity index (χ4v) is 2.92. The number of carbonyl (C=O) groups is 1. The maximum atomic E-state index is 12.3. The molecule has 2 heterocycles. The Morgan fingerprint density at radius 3 is 2.56 bits per heavy atom. The highest BCUT2D eigenvalue weighted by atomic mass is 16.5. The second-order valence-electron chi connectivity index (χ2n) is 6.51. The second-order valence-corrected chi connectivity index (χ2v) is 6.51. The Bertz CT molecular complexity index is 678. The number of nitrogens with zero attached hydrogens (tertiary/aromatic N) is 5. The zero-order chi connectivity index (χ0) is 17.6. The van der Waals surface area contributed by atoms with Gasteiger partial charge >= 0.3 is 0 Å². The molecule has 0 bridgehead atoms. The molecule has 7 heteroatoms. The molecule has 1 aliphatic heterocycles. The Hall–Kier alpha value is -2.41. The standard InChI is InChI=1S/C18H25N5O2/c1-15(2)23-14-19-20-17(23)12-21-8-10-22(11-9-21)18(24)13-25-16-6-4-3-5-7-16/h3-7,14-15H,8-13H2,1-2H3. The van der Waals surface area contributed by atoms with E-state index in [0.717, 1.165) is 31.2 Å². The summed E-state index contributed by atoms with van der Waals surface area (Å²) in [6.45, 7) is 8.20. The number of rotatable bonds is 6. The van der Waals surface area contributed by atoms with Gasteiger partial charge in [0.2, 0.25) is 0 Å². The van der Waals surface area contributed by atoms with Gasteiger partial charge in [-0.25, -0.2) is 0 Å². The Balaban J connectivity index is 1.45. The number of ether oxygens (including phenoxy) is 1. The van der Waals surface area contributed by atoms with E-state index in [-0.39, 0.29) is 12.5 Å². The number of hydrogen-bond acceptors (Lipinski definition) is 5. The van der Waals surface area contributed by atoms with Crippen LogP contribution in [0.2, 0.25) is 0 Å². The molecule has 0 N–H and O–H groups in total. The highest BCUT2D eigenvalue weighted by Crippen LogP contribution is 2.12. The summed E-state index contributed by atoms with van der Waals surface area (Å²) in [6, 6.07) is 9.78. The molecule has 3 rings (SSSR count). The minimum atomic E-state index is 0.0360. The molecule has 1 aromatic heterocycles. The summed E-state index contributed by atoms with van der Waals surface area (Å²) in [5.74, 6) is 1.73. The summed E-state index contributed by atoms with van der Waals surface area (Å²) < 4.78 is 7.64. The van der Waals surface area contributed by atoms with Gasteiger partial charge in [-0.2, -0.15) is 0 Å². The van der Waals surface area contributed by atoms with Crippen LogP contribution in [-0.4, -0.2) is 63.3 Å². The molecular weight excluding hydrogens is 318 g/mol. The summed E-state index contributed by atoms with van der Waals surface area (Å²) in [4.78, 5) is 16.5. The van der Waals surface area contributed by atoms with Gasteiger partial charge in [0, 0.05) is 32.2 Å². The van der Waals surface area contributed by atoms with Gasteiger partial charge in [-0.05, 0) is 26.0 Å². The smallest absolute Gasteiger partial charge is 0.260 e. The average molecular weight is 343 g/mol. The van der Waals surface area contributed by atoms with E-state index in [0.29, 0.717) is 19.1 Å². The molecule has 0 saturated carbocycles. The van der Waals surface area contributed by atoms with E-state index in [1.807, 2.05) is 35.2 Å². The van der Waals surface area contributed by atoms with E-state index in [1.54, 1.807) is 6.33 Å². The Kier molecular flexibility index (Phi) is 5.65. The zero-order valence-electron chi connectivity index (χ0n) is 14.8. The van der Waals surface area contributed by atoms with Crippen LogP contribution in [0.4, 0.5) is 0 Å². The van der Waals surface area contributed by atoms with Gasteiger partial charge in [0.1, 0.15) is 17.9 Å². The molecule has 0 radical (unpaired) electrons. The summed E-state index contributed by atoms with van der Waals surface area (Å²) in [7, 11) is 0. The van der Waals surface area contributed by atoms with Crippen LogP contribution < -0.4 is 4.74 Å². The number of para-hydroxylation sites is 1. The highest BCUT2D eigenvalue weighted by molar-refractivity contribution is 5.77. The SMILES string of the molecule is CC(C)n1cnnc1CN1CCN(C(=O)COc2ccccc2)CC1. The topological polar surface area (TPSA) is 63.5 Å². The molecule has 1 aromatic carbocycles. The first-order valence-electron chi connectivity index (χ1n) is 8.70. The van der Waals surface area contributed by atoms with Crippen LogP contribution in [-0.2, 0) is 11.3 Å². The number of benzene rings is 1. The van der Waals surface area contributed by atoms with Crippen LogP contribution in [0.1, 0.15) is 25.7 Å². The van der Waals surface area contributed by atoms with Gasteiger partial charge in [0.15, 0.2) is 6.61 Å². The number of amides is 1. The summed E-state index contributed by atoms with van der Waals surface area (Å²) >= 11 is 0. The predicted octanol–water partition coefficient (Wildman–Crippen LogP) is 1.58. The average Bonchev–Trinajstić information content (AvgIpc) is 3.09. The van der Waals surface area contributed by atoms with Gasteiger partial charge < -0.3 is 14.2 Å². The molecule has 0 unspecified atom stereocenters. The molecule has 1 saturated heterocycles. The number of carbonyl (C=O) groups excluding carboxylic acids is 1. The normalized spacial score (nSPS) is 15.6. The lowest BCUT2D eigenvalue weighted by Gasteiger charge is -2.34. The number of hydrogen-bond donors (Lipinski definition) is 0. The third-order valence-corrected chi connectivity index (χ3v) is 4.40. The van der Waals surface area contributed by atoms with Crippen LogP contribution >= 0.6 is 0 Å². The van der Waals surface area contributed by atoms with E-state index >= 15 is 0 Å². The van der Waals surface area contributed by atoms with Crippen molar-refractivity contribution in [1.82, 2.24) is 24.6 Å². The van der Waals surface area contributed by atoms with E-state index in [4.69, 9.17) is 4.74 Å². The highest BCUT2D eigenvalue weighted by Gasteiger charge is 2.22. The molecular formula is C18H25N5O2. The van der Waals surface area contributed by atoms with Crippen molar-refractivity contribution in [3.05, 3.63) is 42.5 Å². The van der Waals surface area contributed by atoms with Gasteiger partial charge in [-0.3, -0.25) is 9.69 Å². The van der Waals surface area contributed by atoms with E-state index < -0.39 is 0 Å². The van der Waals surface area contributed by atoms with Gasteiger partial charge in [-0.1, -0.05) is 18.2 Å². The Morgan fingerprint density at radius 1 is 1.16 bits per heavy atom. The minimum absolute atomic E-state index is 0.0360. The summed E-state index contributed by atoms with van der Waals surface area (Å²) in [6.07, 6.45) is 1.78. The number of aromatic nitrogens is 3. The molecule has 0 spiro atoms. The first-order chi connectivity index (χ1) is 12.1. The zero-order valence-corrected chi connectivity index (χ0v) is 14.8. The first-order valence-corrected chi connectivity index (χ1v) is 8.70. The lowest BCUT2D eigenvalue weighted by molar-refractivity contribution is -0.135. The molecule has 1 aliphatic rings. The third kappa shape index (κ3) is 4.57. The molecule has 7 nitrogen and oxygen atoms in total. The van der Waals surface area contributed by atoms with Crippen molar-refractivity contribution < 1.29 is 9.53 Å². The van der Waals surface area contributed by atoms with Crippen LogP contribution in [0, 0.1) is 0 Å². The van der Waals surface area contributed by atoms with E-state index in [9.17, 15) is 4.79 Å². The van der Waals surface area contributed by atoms with E-state index in [2.05, 4.69) is 33.5 Å². The molecule has 1 fully saturated rings. The van der Waals surface area contributed by atoms with Gasteiger partial charge in [0.25, 0.3) is 5.91 Å². The molecule has 25 heavy (non-hydrogen) atoms. The van der Waals surface area contributed by atoms with Crippen molar-refractivity contribution in [1.29, 1.82) is 0 Å². The third-order valence-electron chi connectivity index (χ3n) is 4.40. The summed E-state index contributed by atoms with van der Waals surface area (Å²) in [5.41, 5.74) is 0. The maximum absolute atomic E-state index is 12.3. The fourth-order valence-electron chi connectivity index (χ4n) is 2.92. The van der Waals surface area contributed by atoms with Crippen LogP contribution in [0.5, 0.6) is 5.75 Å². The molecule has 1 amide bonds. The van der Waals surface area contributed by atoms with Gasteiger partial charge in [0.05, 0.1) is 6.54 Å². The molecule has 134 valence electrons. The van der Waals surface area contributed by atoms with Crippen LogP contribution in [0.3, 0.4) is 0 Å². The maximum Gasteiger partial charge on any atom is 0.260 e. The van der Waals surface area contributed by atoms with Crippen molar-refractivity contribution in [2.45, 2.75) is 26.4 Å². The molecule has 2 aromatic rings. The lowest BCUT2D eigenvalue weighted by atomic mass is 10.3. The molecule has 0 aliphatic carbocycles. The van der Waals surface area contributed by atoms with Crippen molar-refractivity contribution in [3.8, 4) is 5.75 Å². The fraction of sp³-hybridized carbons (Fsp3) is 0.500. The largest absolute Gasteiger partial charge is 0.484 e. The van der Waals surface area contributed by atoms with Gasteiger partial charge in [-0.15, -0.1) is 10.2 Å².